The van der Waals surface area contributed by atoms with E-state index >= 15 is 0 Å². The van der Waals surface area contributed by atoms with Gasteiger partial charge in [0.25, 0.3) is 0 Å². The minimum absolute atomic E-state index is 0.102. The second-order valence-electron chi connectivity index (χ2n) is 5.47. The van der Waals surface area contributed by atoms with Gasteiger partial charge in [-0.1, -0.05) is 12.1 Å². The number of aromatic nitrogens is 1. The molecule has 0 saturated heterocycles. The van der Waals surface area contributed by atoms with Gasteiger partial charge in [0.05, 0.1) is 13.7 Å². The lowest BCUT2D eigenvalue weighted by Crippen LogP contribution is -2.22. The van der Waals surface area contributed by atoms with E-state index < -0.39 is 0 Å². The van der Waals surface area contributed by atoms with Crippen LogP contribution < -0.4 is 15.4 Å². The van der Waals surface area contributed by atoms with Crippen molar-refractivity contribution in [2.24, 2.45) is 0 Å². The Labute approximate surface area is 140 Å². The Kier molecular flexibility index (Phi) is 4.61. The maximum Gasteiger partial charge on any atom is 0.243 e. The Morgan fingerprint density at radius 2 is 2.08 bits per heavy atom. The van der Waals surface area contributed by atoms with Gasteiger partial charge in [-0.15, -0.1) is 0 Å². The molecular formula is C19H19N3O2. The first-order chi connectivity index (χ1) is 11.7. The van der Waals surface area contributed by atoms with Gasteiger partial charge in [-0.05, 0) is 42.1 Å². The second kappa shape index (κ2) is 7.00. The zero-order valence-corrected chi connectivity index (χ0v) is 13.7. The summed E-state index contributed by atoms with van der Waals surface area (Å²) < 4.78 is 5.17. The van der Waals surface area contributed by atoms with E-state index in [1.54, 1.807) is 13.3 Å². The molecule has 122 valence electrons. The number of aryl methyl sites for hydroxylation is 1. The van der Waals surface area contributed by atoms with Crippen LogP contribution in [0.4, 0.5) is 11.4 Å². The van der Waals surface area contributed by atoms with Gasteiger partial charge in [-0.2, -0.15) is 0 Å². The summed E-state index contributed by atoms with van der Waals surface area (Å²) in [5, 5.41) is 8.19. The smallest absolute Gasteiger partial charge is 0.243 e. The fourth-order valence-corrected chi connectivity index (χ4v) is 2.57. The third kappa shape index (κ3) is 3.46. The van der Waals surface area contributed by atoms with Crippen molar-refractivity contribution in [2.75, 3.05) is 24.3 Å². The zero-order valence-electron chi connectivity index (χ0n) is 13.7. The van der Waals surface area contributed by atoms with Crippen molar-refractivity contribution in [3.63, 3.8) is 0 Å². The summed E-state index contributed by atoms with van der Waals surface area (Å²) in [4.78, 5) is 16.3. The normalized spacial score (nSPS) is 10.4. The summed E-state index contributed by atoms with van der Waals surface area (Å²) in [6.07, 6.45) is 3.57. The van der Waals surface area contributed by atoms with Gasteiger partial charge in [-0.25, -0.2) is 0 Å². The van der Waals surface area contributed by atoms with Crippen LogP contribution >= 0.6 is 0 Å². The molecule has 2 aromatic carbocycles. The summed E-state index contributed by atoms with van der Waals surface area (Å²) >= 11 is 0. The van der Waals surface area contributed by atoms with E-state index in [9.17, 15) is 4.79 Å². The summed E-state index contributed by atoms with van der Waals surface area (Å²) in [5.74, 6) is 0.647. The average Bonchev–Trinajstić information content (AvgIpc) is 2.63. The molecule has 5 nitrogen and oxygen atoms in total. The van der Waals surface area contributed by atoms with Crippen LogP contribution in [0.2, 0.25) is 0 Å². The first-order valence-corrected chi connectivity index (χ1v) is 7.68. The number of fused-ring (bicyclic) bond motifs is 1. The molecule has 0 aliphatic carbocycles. The van der Waals surface area contributed by atoms with Crippen LogP contribution in [0.5, 0.6) is 5.75 Å². The molecular weight excluding hydrogens is 302 g/mol. The third-order valence-electron chi connectivity index (χ3n) is 3.89. The van der Waals surface area contributed by atoms with Gasteiger partial charge in [0.15, 0.2) is 0 Å². The maximum absolute atomic E-state index is 12.2. The highest BCUT2D eigenvalue weighted by Crippen LogP contribution is 2.24. The highest BCUT2D eigenvalue weighted by atomic mass is 16.5. The molecule has 3 aromatic rings. The van der Waals surface area contributed by atoms with Gasteiger partial charge >= 0.3 is 0 Å². The largest absolute Gasteiger partial charge is 0.497 e. The topological polar surface area (TPSA) is 63.2 Å². The van der Waals surface area contributed by atoms with E-state index in [-0.39, 0.29) is 12.5 Å². The molecule has 3 rings (SSSR count). The van der Waals surface area contributed by atoms with Crippen molar-refractivity contribution in [1.82, 2.24) is 4.98 Å². The van der Waals surface area contributed by atoms with E-state index in [0.29, 0.717) is 0 Å². The number of hydrogen-bond donors (Lipinski definition) is 2. The number of amides is 1. The SMILES string of the molecule is COc1cccc(NCC(=O)Nc2ccc3cnccc3c2C)c1. The zero-order chi connectivity index (χ0) is 16.9. The number of carbonyl (C=O) groups excluding carboxylic acids is 1. The van der Waals surface area contributed by atoms with Gasteiger partial charge < -0.3 is 15.4 Å². The van der Waals surface area contributed by atoms with Crippen molar-refractivity contribution in [1.29, 1.82) is 0 Å². The molecule has 0 bridgehead atoms. The van der Waals surface area contributed by atoms with Crippen LogP contribution in [0, 0.1) is 6.92 Å². The summed E-state index contributed by atoms with van der Waals surface area (Å²) in [6, 6.07) is 13.3. The predicted octanol–water partition coefficient (Wildman–Crippen LogP) is 3.60. The van der Waals surface area contributed by atoms with Crippen molar-refractivity contribution in [3.05, 3.63) is 60.4 Å². The molecule has 1 amide bonds. The van der Waals surface area contributed by atoms with Crippen LogP contribution in [0.25, 0.3) is 10.8 Å². The maximum atomic E-state index is 12.2. The Balaban J connectivity index is 1.67. The molecule has 0 atom stereocenters. The van der Waals surface area contributed by atoms with Crippen LogP contribution in [-0.4, -0.2) is 24.5 Å². The number of nitrogens with zero attached hydrogens (tertiary/aromatic N) is 1. The number of pyridine rings is 1. The molecule has 0 aliphatic rings. The third-order valence-corrected chi connectivity index (χ3v) is 3.89. The average molecular weight is 321 g/mol. The molecule has 2 N–H and O–H groups in total. The van der Waals surface area contributed by atoms with E-state index in [4.69, 9.17) is 4.74 Å². The van der Waals surface area contributed by atoms with Crippen LogP contribution in [0.1, 0.15) is 5.56 Å². The lowest BCUT2D eigenvalue weighted by Gasteiger charge is -2.12. The van der Waals surface area contributed by atoms with E-state index in [2.05, 4.69) is 15.6 Å². The molecule has 5 heteroatoms. The summed E-state index contributed by atoms with van der Waals surface area (Å²) in [6.45, 7) is 2.18. The fourth-order valence-electron chi connectivity index (χ4n) is 2.57. The summed E-state index contributed by atoms with van der Waals surface area (Å²) in [7, 11) is 1.61. The molecule has 0 saturated carbocycles. The summed E-state index contributed by atoms with van der Waals surface area (Å²) in [5.41, 5.74) is 2.68. The van der Waals surface area contributed by atoms with E-state index in [1.165, 1.54) is 0 Å². The molecule has 0 spiro atoms. The number of nitrogens with one attached hydrogen (secondary N) is 2. The van der Waals surface area contributed by atoms with Crippen molar-refractivity contribution >= 4 is 28.1 Å². The Morgan fingerprint density at radius 1 is 1.21 bits per heavy atom. The Morgan fingerprint density at radius 3 is 2.92 bits per heavy atom. The number of ether oxygens (including phenoxy) is 1. The molecule has 0 radical (unpaired) electrons. The van der Waals surface area contributed by atoms with Crippen molar-refractivity contribution in [3.8, 4) is 5.75 Å². The van der Waals surface area contributed by atoms with Crippen LogP contribution in [0.3, 0.4) is 0 Å². The van der Waals surface area contributed by atoms with Gasteiger partial charge in [-0.3, -0.25) is 9.78 Å². The Bertz CT molecular complexity index is 877. The molecule has 0 unspecified atom stereocenters. The van der Waals surface area contributed by atoms with E-state index in [0.717, 1.165) is 33.5 Å². The number of hydrogen-bond acceptors (Lipinski definition) is 4. The number of anilines is 2. The monoisotopic (exact) mass is 321 g/mol. The van der Waals surface area contributed by atoms with Gasteiger partial charge in [0.1, 0.15) is 5.75 Å². The molecule has 0 aliphatic heterocycles. The number of rotatable bonds is 5. The van der Waals surface area contributed by atoms with Crippen molar-refractivity contribution < 1.29 is 9.53 Å². The van der Waals surface area contributed by atoms with Crippen LogP contribution in [-0.2, 0) is 4.79 Å². The first kappa shape index (κ1) is 15.8. The standard InChI is InChI=1S/C19H19N3O2/c1-13-17-8-9-20-11-14(17)6-7-18(13)22-19(23)12-21-15-4-3-5-16(10-15)24-2/h3-11,21H,12H2,1-2H3,(H,22,23). The van der Waals surface area contributed by atoms with Gasteiger partial charge in [0, 0.05) is 35.2 Å². The quantitative estimate of drug-likeness (QED) is 0.753. The number of benzene rings is 2. The lowest BCUT2D eigenvalue weighted by molar-refractivity contribution is -0.114. The fraction of sp³-hybridized carbons (Fsp3) is 0.158. The Hall–Kier alpha value is -3.08. The van der Waals surface area contributed by atoms with Crippen LogP contribution in [0.15, 0.2) is 54.9 Å². The highest BCUT2D eigenvalue weighted by molar-refractivity contribution is 5.98. The first-order valence-electron chi connectivity index (χ1n) is 7.68. The number of carbonyl (C=O) groups is 1. The second-order valence-corrected chi connectivity index (χ2v) is 5.47. The lowest BCUT2D eigenvalue weighted by atomic mass is 10.1. The minimum atomic E-state index is -0.102. The number of methoxy groups -OCH3 is 1. The van der Waals surface area contributed by atoms with E-state index in [1.807, 2.05) is 55.6 Å². The molecule has 1 heterocycles. The van der Waals surface area contributed by atoms with Gasteiger partial charge in [0.2, 0.25) is 5.91 Å². The van der Waals surface area contributed by atoms with Crippen molar-refractivity contribution in [2.45, 2.75) is 6.92 Å². The minimum Gasteiger partial charge on any atom is -0.497 e. The molecule has 1 aromatic heterocycles. The molecule has 0 fully saturated rings. The predicted molar refractivity (Wildman–Crippen MR) is 96.6 cm³/mol. The molecule has 24 heavy (non-hydrogen) atoms. The highest BCUT2D eigenvalue weighted by Gasteiger charge is 2.07.